The average molecular weight is 249 g/mol. The van der Waals surface area contributed by atoms with Gasteiger partial charge in [-0.15, -0.1) is 0 Å². The van der Waals surface area contributed by atoms with Crippen molar-refractivity contribution in [2.45, 2.75) is 32.9 Å². The second-order valence-electron chi connectivity index (χ2n) is 4.77. The SMILES string of the molecule is CCN(CC)C1CCN(c2cnccc2CO)C1. The predicted molar refractivity (Wildman–Crippen MR) is 73.7 cm³/mol. The Bertz CT molecular complexity index is 379. The summed E-state index contributed by atoms with van der Waals surface area (Å²) in [6.07, 6.45) is 4.81. The van der Waals surface area contributed by atoms with Gasteiger partial charge in [0, 0.05) is 30.9 Å². The minimum atomic E-state index is 0.0876. The molecule has 1 aliphatic heterocycles. The van der Waals surface area contributed by atoms with Crippen LogP contribution in [-0.2, 0) is 6.61 Å². The number of anilines is 1. The molecule has 4 heteroatoms. The maximum absolute atomic E-state index is 9.38. The minimum absolute atomic E-state index is 0.0876. The molecule has 1 N–H and O–H groups in total. The van der Waals surface area contributed by atoms with E-state index in [4.69, 9.17) is 0 Å². The van der Waals surface area contributed by atoms with Crippen LogP contribution in [0.3, 0.4) is 0 Å². The molecule has 0 amide bonds. The first-order valence-corrected chi connectivity index (χ1v) is 6.82. The molecule has 100 valence electrons. The van der Waals surface area contributed by atoms with Crippen molar-refractivity contribution in [3.8, 4) is 0 Å². The highest BCUT2D eigenvalue weighted by atomic mass is 16.3. The van der Waals surface area contributed by atoms with E-state index in [0.29, 0.717) is 6.04 Å². The number of likely N-dealkylation sites (N-methyl/N-ethyl adjacent to an activating group) is 1. The molecule has 0 saturated carbocycles. The van der Waals surface area contributed by atoms with Crippen molar-refractivity contribution in [3.05, 3.63) is 24.0 Å². The third-order valence-electron chi connectivity index (χ3n) is 3.89. The number of rotatable bonds is 5. The van der Waals surface area contributed by atoms with Gasteiger partial charge in [0.2, 0.25) is 0 Å². The Morgan fingerprint density at radius 2 is 2.22 bits per heavy atom. The molecule has 1 aliphatic rings. The summed E-state index contributed by atoms with van der Waals surface area (Å²) in [5.41, 5.74) is 2.07. The van der Waals surface area contributed by atoms with E-state index in [-0.39, 0.29) is 6.61 Å². The first kappa shape index (κ1) is 13.3. The van der Waals surface area contributed by atoms with Gasteiger partial charge in [-0.25, -0.2) is 0 Å². The Balaban J connectivity index is 2.08. The Labute approximate surface area is 109 Å². The van der Waals surface area contributed by atoms with Crippen LogP contribution in [-0.4, -0.2) is 47.2 Å². The van der Waals surface area contributed by atoms with Crippen molar-refractivity contribution in [1.29, 1.82) is 0 Å². The molecule has 1 atom stereocenters. The Morgan fingerprint density at radius 1 is 1.44 bits per heavy atom. The molecule has 0 radical (unpaired) electrons. The topological polar surface area (TPSA) is 39.6 Å². The quantitative estimate of drug-likeness (QED) is 0.858. The second kappa shape index (κ2) is 6.16. The molecule has 2 heterocycles. The van der Waals surface area contributed by atoms with E-state index >= 15 is 0 Å². The van der Waals surface area contributed by atoms with Crippen LogP contribution in [0.5, 0.6) is 0 Å². The highest BCUT2D eigenvalue weighted by molar-refractivity contribution is 5.52. The Morgan fingerprint density at radius 3 is 2.89 bits per heavy atom. The molecule has 1 fully saturated rings. The van der Waals surface area contributed by atoms with Gasteiger partial charge in [0.05, 0.1) is 18.5 Å². The van der Waals surface area contributed by atoms with Gasteiger partial charge in [0.15, 0.2) is 0 Å². The lowest BCUT2D eigenvalue weighted by atomic mass is 10.2. The molecule has 18 heavy (non-hydrogen) atoms. The lowest BCUT2D eigenvalue weighted by Crippen LogP contribution is -2.37. The van der Waals surface area contributed by atoms with Gasteiger partial charge in [-0.1, -0.05) is 13.8 Å². The standard InChI is InChI=1S/C14H23N3O/c1-3-16(4-2)13-6-8-17(10-13)14-9-15-7-5-12(14)11-18/h5,7,9,13,18H,3-4,6,8,10-11H2,1-2H3. The van der Waals surface area contributed by atoms with Crippen LogP contribution >= 0.6 is 0 Å². The van der Waals surface area contributed by atoms with Crippen LogP contribution in [0.2, 0.25) is 0 Å². The highest BCUT2D eigenvalue weighted by Crippen LogP contribution is 2.25. The number of nitrogens with zero attached hydrogens (tertiary/aromatic N) is 3. The first-order chi connectivity index (χ1) is 8.80. The lowest BCUT2D eigenvalue weighted by molar-refractivity contribution is 0.232. The molecule has 0 bridgehead atoms. The van der Waals surface area contributed by atoms with E-state index < -0.39 is 0 Å². The van der Waals surface area contributed by atoms with E-state index in [1.165, 1.54) is 6.42 Å². The predicted octanol–water partition coefficient (Wildman–Crippen LogP) is 1.49. The van der Waals surface area contributed by atoms with Crippen LogP contribution in [0.15, 0.2) is 18.5 Å². The van der Waals surface area contributed by atoms with Gasteiger partial charge < -0.3 is 10.0 Å². The molecule has 1 saturated heterocycles. The normalized spacial score (nSPS) is 19.8. The first-order valence-electron chi connectivity index (χ1n) is 6.82. The molecule has 4 nitrogen and oxygen atoms in total. The maximum atomic E-state index is 9.38. The van der Waals surface area contributed by atoms with Crippen LogP contribution in [0.4, 0.5) is 5.69 Å². The molecular formula is C14H23N3O. The van der Waals surface area contributed by atoms with E-state index in [1.807, 2.05) is 12.3 Å². The van der Waals surface area contributed by atoms with E-state index in [0.717, 1.165) is 37.4 Å². The molecule has 0 aliphatic carbocycles. The molecule has 0 aromatic carbocycles. The van der Waals surface area contributed by atoms with Crippen LogP contribution < -0.4 is 4.90 Å². The average Bonchev–Trinajstić information content (AvgIpc) is 2.89. The molecule has 2 rings (SSSR count). The zero-order valence-corrected chi connectivity index (χ0v) is 11.3. The fourth-order valence-corrected chi connectivity index (χ4v) is 2.83. The van der Waals surface area contributed by atoms with Gasteiger partial charge in [-0.2, -0.15) is 0 Å². The van der Waals surface area contributed by atoms with Gasteiger partial charge in [-0.3, -0.25) is 9.88 Å². The zero-order valence-electron chi connectivity index (χ0n) is 11.3. The molecular weight excluding hydrogens is 226 g/mol. The summed E-state index contributed by atoms with van der Waals surface area (Å²) in [5.74, 6) is 0. The fraction of sp³-hybridized carbons (Fsp3) is 0.643. The third kappa shape index (κ3) is 2.65. The lowest BCUT2D eigenvalue weighted by Gasteiger charge is -2.27. The Hall–Kier alpha value is -1.13. The zero-order chi connectivity index (χ0) is 13.0. The highest BCUT2D eigenvalue weighted by Gasteiger charge is 2.27. The summed E-state index contributed by atoms with van der Waals surface area (Å²) in [5, 5.41) is 9.38. The molecule has 1 aromatic rings. The summed E-state index contributed by atoms with van der Waals surface area (Å²) >= 11 is 0. The minimum Gasteiger partial charge on any atom is -0.392 e. The second-order valence-corrected chi connectivity index (χ2v) is 4.77. The van der Waals surface area contributed by atoms with Gasteiger partial charge >= 0.3 is 0 Å². The van der Waals surface area contributed by atoms with Crippen molar-refractivity contribution in [1.82, 2.24) is 9.88 Å². The summed E-state index contributed by atoms with van der Waals surface area (Å²) in [4.78, 5) is 9.04. The summed E-state index contributed by atoms with van der Waals surface area (Å²) in [6, 6.07) is 2.53. The van der Waals surface area contributed by atoms with Gasteiger partial charge in [-0.05, 0) is 25.6 Å². The maximum Gasteiger partial charge on any atom is 0.0703 e. The molecule has 0 spiro atoms. The summed E-state index contributed by atoms with van der Waals surface area (Å²) < 4.78 is 0. The van der Waals surface area contributed by atoms with Crippen molar-refractivity contribution < 1.29 is 5.11 Å². The smallest absolute Gasteiger partial charge is 0.0703 e. The number of aliphatic hydroxyl groups excluding tert-OH is 1. The van der Waals surface area contributed by atoms with Crippen LogP contribution in [0.1, 0.15) is 25.8 Å². The molecule has 1 aromatic heterocycles. The van der Waals surface area contributed by atoms with Gasteiger partial charge in [0.1, 0.15) is 0 Å². The number of hydrogen-bond acceptors (Lipinski definition) is 4. The van der Waals surface area contributed by atoms with Crippen molar-refractivity contribution >= 4 is 5.69 Å². The van der Waals surface area contributed by atoms with E-state index in [9.17, 15) is 5.11 Å². The van der Waals surface area contributed by atoms with Gasteiger partial charge in [0.25, 0.3) is 0 Å². The van der Waals surface area contributed by atoms with Crippen molar-refractivity contribution in [3.63, 3.8) is 0 Å². The van der Waals surface area contributed by atoms with E-state index in [2.05, 4.69) is 28.6 Å². The number of aromatic nitrogens is 1. The number of hydrogen-bond donors (Lipinski definition) is 1. The van der Waals surface area contributed by atoms with Crippen molar-refractivity contribution in [2.24, 2.45) is 0 Å². The third-order valence-corrected chi connectivity index (χ3v) is 3.89. The van der Waals surface area contributed by atoms with Crippen LogP contribution in [0, 0.1) is 0 Å². The molecule has 1 unspecified atom stereocenters. The monoisotopic (exact) mass is 249 g/mol. The van der Waals surface area contributed by atoms with Crippen LogP contribution in [0.25, 0.3) is 0 Å². The summed E-state index contributed by atoms with van der Waals surface area (Å²) in [7, 11) is 0. The Kier molecular flexibility index (Phi) is 4.55. The fourth-order valence-electron chi connectivity index (χ4n) is 2.83. The van der Waals surface area contributed by atoms with E-state index in [1.54, 1.807) is 6.20 Å². The van der Waals surface area contributed by atoms with Crippen molar-refractivity contribution in [2.75, 3.05) is 31.1 Å². The number of aliphatic hydroxyl groups is 1. The number of pyridine rings is 1. The summed E-state index contributed by atoms with van der Waals surface area (Å²) in [6.45, 7) is 8.83. The largest absolute Gasteiger partial charge is 0.392 e.